The molecule has 3 heteroatoms. The summed E-state index contributed by atoms with van der Waals surface area (Å²) in [6.45, 7) is 2.02. The average molecular weight is 283 g/mol. The third kappa shape index (κ3) is 3.94. The van der Waals surface area contributed by atoms with Gasteiger partial charge in [0.1, 0.15) is 5.82 Å². The molecule has 0 radical (unpaired) electrons. The highest BCUT2D eigenvalue weighted by molar-refractivity contribution is 5.55. The van der Waals surface area contributed by atoms with Crippen LogP contribution < -0.4 is 5.32 Å². The maximum atomic E-state index is 4.50. The second kappa shape index (κ2) is 7.41. The van der Waals surface area contributed by atoms with Crippen molar-refractivity contribution in [1.82, 2.24) is 14.9 Å². The number of nitrogens with zero attached hydrogens (tertiary/aromatic N) is 2. The number of nitrogens with one attached hydrogen (secondary N) is 1. The van der Waals surface area contributed by atoms with Crippen LogP contribution in [0.3, 0.4) is 0 Å². The average Bonchev–Trinajstić information content (AvgIpc) is 2.84. The third-order valence-electron chi connectivity index (χ3n) is 4.39. The van der Waals surface area contributed by atoms with Crippen molar-refractivity contribution in [3.8, 4) is 11.4 Å². The van der Waals surface area contributed by atoms with E-state index >= 15 is 0 Å². The predicted octanol–water partition coefficient (Wildman–Crippen LogP) is 3.86. The topological polar surface area (TPSA) is 29.9 Å². The lowest BCUT2D eigenvalue weighted by atomic mass is 10.1. The molecule has 1 aliphatic rings. The fourth-order valence-corrected chi connectivity index (χ4v) is 3.21. The molecule has 0 bridgehead atoms. The zero-order valence-corrected chi connectivity index (χ0v) is 12.7. The molecule has 3 rings (SSSR count). The molecule has 1 heterocycles. The van der Waals surface area contributed by atoms with Crippen LogP contribution in [-0.2, 0) is 6.54 Å². The Morgan fingerprint density at radius 3 is 2.57 bits per heavy atom. The second-order valence-electron chi connectivity index (χ2n) is 5.95. The largest absolute Gasteiger partial charge is 0.330 e. The first-order valence-corrected chi connectivity index (χ1v) is 8.23. The Morgan fingerprint density at radius 2 is 1.81 bits per heavy atom. The first kappa shape index (κ1) is 14.3. The van der Waals surface area contributed by atoms with Crippen LogP contribution in [0.5, 0.6) is 0 Å². The summed E-state index contributed by atoms with van der Waals surface area (Å²) in [4.78, 5) is 4.50. The van der Waals surface area contributed by atoms with E-state index in [1.165, 1.54) is 44.1 Å². The van der Waals surface area contributed by atoms with Crippen molar-refractivity contribution >= 4 is 0 Å². The van der Waals surface area contributed by atoms with Crippen LogP contribution in [-0.4, -0.2) is 22.1 Å². The van der Waals surface area contributed by atoms with Crippen molar-refractivity contribution < 1.29 is 0 Å². The van der Waals surface area contributed by atoms with Gasteiger partial charge < -0.3 is 9.88 Å². The minimum absolute atomic E-state index is 0.719. The van der Waals surface area contributed by atoms with E-state index < -0.39 is 0 Å². The van der Waals surface area contributed by atoms with Crippen molar-refractivity contribution in [1.29, 1.82) is 0 Å². The molecule has 3 nitrogen and oxygen atoms in total. The zero-order valence-electron chi connectivity index (χ0n) is 12.7. The fourth-order valence-electron chi connectivity index (χ4n) is 3.21. The van der Waals surface area contributed by atoms with Crippen LogP contribution in [0.25, 0.3) is 11.4 Å². The molecular weight excluding hydrogens is 258 g/mol. The highest BCUT2D eigenvalue weighted by atomic mass is 15.1. The summed E-state index contributed by atoms with van der Waals surface area (Å²) in [6.07, 6.45) is 12.3. The van der Waals surface area contributed by atoms with Gasteiger partial charge in [-0.15, -0.1) is 0 Å². The Bertz CT molecular complexity index is 524. The molecule has 0 saturated heterocycles. The van der Waals surface area contributed by atoms with Crippen molar-refractivity contribution in [3.63, 3.8) is 0 Å². The van der Waals surface area contributed by atoms with Crippen LogP contribution >= 0.6 is 0 Å². The number of hydrogen-bond donors (Lipinski definition) is 1. The summed E-state index contributed by atoms with van der Waals surface area (Å²) < 4.78 is 2.25. The Morgan fingerprint density at radius 1 is 1.05 bits per heavy atom. The molecule has 112 valence electrons. The molecule has 1 aromatic carbocycles. The summed E-state index contributed by atoms with van der Waals surface area (Å²) in [5.74, 6) is 1.07. The quantitative estimate of drug-likeness (QED) is 0.844. The maximum Gasteiger partial charge on any atom is 0.139 e. The van der Waals surface area contributed by atoms with Gasteiger partial charge in [0.2, 0.25) is 0 Å². The molecule has 1 aromatic heterocycles. The molecule has 1 N–H and O–H groups in total. The Balaban J connectivity index is 1.55. The maximum absolute atomic E-state index is 4.50. The van der Waals surface area contributed by atoms with Crippen LogP contribution in [0.15, 0.2) is 42.7 Å². The summed E-state index contributed by atoms with van der Waals surface area (Å²) in [5.41, 5.74) is 1.19. The lowest BCUT2D eigenvalue weighted by Gasteiger charge is -2.17. The number of hydrogen-bond acceptors (Lipinski definition) is 2. The van der Waals surface area contributed by atoms with E-state index in [9.17, 15) is 0 Å². The van der Waals surface area contributed by atoms with Gasteiger partial charge >= 0.3 is 0 Å². The SMILES string of the molecule is c1ccc(-c2nccn2CCNC2CCCCCC2)cc1. The molecular formula is C18H25N3. The Kier molecular flexibility index (Phi) is 5.06. The molecule has 0 spiro atoms. The summed E-state index contributed by atoms with van der Waals surface area (Å²) in [7, 11) is 0. The monoisotopic (exact) mass is 283 g/mol. The van der Waals surface area contributed by atoms with Crippen molar-refractivity contribution in [2.75, 3.05) is 6.54 Å². The predicted molar refractivity (Wildman–Crippen MR) is 87.2 cm³/mol. The third-order valence-corrected chi connectivity index (χ3v) is 4.39. The molecule has 1 aliphatic carbocycles. The molecule has 1 saturated carbocycles. The first-order chi connectivity index (χ1) is 10.4. The van der Waals surface area contributed by atoms with Gasteiger partial charge in [-0.2, -0.15) is 0 Å². The lowest BCUT2D eigenvalue weighted by molar-refractivity contribution is 0.446. The van der Waals surface area contributed by atoms with E-state index in [1.54, 1.807) is 0 Å². The molecule has 0 unspecified atom stereocenters. The van der Waals surface area contributed by atoms with Gasteiger partial charge in [-0.1, -0.05) is 56.0 Å². The summed E-state index contributed by atoms with van der Waals surface area (Å²) in [5, 5.41) is 3.73. The highest BCUT2D eigenvalue weighted by Crippen LogP contribution is 2.18. The normalized spacial score (nSPS) is 16.8. The first-order valence-electron chi connectivity index (χ1n) is 8.23. The standard InChI is InChI=1S/C18H25N3/c1-2-7-11-17(10-6-1)19-12-14-21-15-13-20-18(21)16-8-4-3-5-9-16/h3-5,8-9,13,15,17,19H,1-2,6-7,10-12,14H2. The smallest absolute Gasteiger partial charge is 0.139 e. The van der Waals surface area contributed by atoms with Crippen molar-refractivity contribution in [2.45, 2.75) is 51.1 Å². The van der Waals surface area contributed by atoms with Gasteiger partial charge in [-0.05, 0) is 12.8 Å². The highest BCUT2D eigenvalue weighted by Gasteiger charge is 2.11. The number of benzene rings is 1. The van der Waals surface area contributed by atoms with Crippen molar-refractivity contribution in [3.05, 3.63) is 42.7 Å². The summed E-state index contributed by atoms with van der Waals surface area (Å²) in [6, 6.07) is 11.1. The number of aromatic nitrogens is 2. The minimum atomic E-state index is 0.719. The van der Waals surface area contributed by atoms with E-state index in [2.05, 4.69) is 45.3 Å². The molecule has 2 aromatic rings. The van der Waals surface area contributed by atoms with Gasteiger partial charge in [-0.3, -0.25) is 0 Å². The van der Waals surface area contributed by atoms with E-state index in [0.29, 0.717) is 0 Å². The van der Waals surface area contributed by atoms with E-state index in [-0.39, 0.29) is 0 Å². The molecule has 0 amide bonds. The van der Waals surface area contributed by atoms with E-state index in [1.807, 2.05) is 12.3 Å². The molecule has 0 atom stereocenters. The van der Waals surface area contributed by atoms with Gasteiger partial charge in [0, 0.05) is 37.1 Å². The minimum Gasteiger partial charge on any atom is -0.330 e. The van der Waals surface area contributed by atoms with Crippen LogP contribution in [0.2, 0.25) is 0 Å². The Hall–Kier alpha value is -1.61. The van der Waals surface area contributed by atoms with E-state index in [4.69, 9.17) is 0 Å². The lowest BCUT2D eigenvalue weighted by Crippen LogP contribution is -2.31. The number of imidazole rings is 1. The molecule has 1 fully saturated rings. The fraction of sp³-hybridized carbons (Fsp3) is 0.500. The number of rotatable bonds is 5. The van der Waals surface area contributed by atoms with Gasteiger partial charge in [0.15, 0.2) is 0 Å². The molecule has 0 aliphatic heterocycles. The van der Waals surface area contributed by atoms with Crippen molar-refractivity contribution in [2.24, 2.45) is 0 Å². The van der Waals surface area contributed by atoms with Crippen LogP contribution in [0, 0.1) is 0 Å². The van der Waals surface area contributed by atoms with Gasteiger partial charge in [-0.25, -0.2) is 4.98 Å². The van der Waals surface area contributed by atoms with Gasteiger partial charge in [0.05, 0.1) is 0 Å². The zero-order chi connectivity index (χ0) is 14.3. The van der Waals surface area contributed by atoms with Crippen LogP contribution in [0.4, 0.5) is 0 Å². The second-order valence-corrected chi connectivity index (χ2v) is 5.95. The summed E-state index contributed by atoms with van der Waals surface area (Å²) >= 11 is 0. The molecule has 21 heavy (non-hydrogen) atoms. The van der Waals surface area contributed by atoms with Crippen LogP contribution in [0.1, 0.15) is 38.5 Å². The van der Waals surface area contributed by atoms with Gasteiger partial charge in [0.25, 0.3) is 0 Å². The van der Waals surface area contributed by atoms with E-state index in [0.717, 1.165) is 25.0 Å². The Labute approximate surface area is 127 Å².